The highest BCUT2D eigenvalue weighted by atomic mass is 31.1. The molecular weight excluding hydrogens is 71.6 g/mol. The van der Waals surface area contributed by atoms with Crippen molar-refractivity contribution in [2.45, 2.75) is 0 Å². The predicted molar refractivity (Wildman–Crippen MR) is 22.3 cm³/mol. The van der Waals surface area contributed by atoms with E-state index in [1.807, 2.05) is 0 Å². The molecule has 0 aromatic carbocycles. The maximum Gasteiger partial charge on any atom is 0.372 e. The molecule has 4 heavy (non-hydrogen) atoms. The fourth-order valence-electron chi connectivity index (χ4n) is 0. The Kier molecular flexibility index (Phi) is 1.58. The molecule has 0 heterocycles. The maximum absolute atomic E-state index is 11.0. The smallest absolute Gasteiger partial charge is 0.337 e. The Bertz CT molecular complexity index is 30.7. The molecule has 0 saturated heterocycles. The summed E-state index contributed by atoms with van der Waals surface area (Å²) in [5, 5.41) is 0. The molecule has 0 N–H and O–H groups in total. The lowest BCUT2D eigenvalue weighted by Crippen LogP contribution is -1.54. The van der Waals surface area contributed by atoms with Gasteiger partial charge in [-0.3, -0.25) is 0 Å². The standard InChI is InChI=1S/B2FH2P/c1-4-2-3/h1,4H/i1T,4D. The first kappa shape index (κ1) is 1.81. The second-order valence-corrected chi connectivity index (χ2v) is 0.740. The minimum absolute atomic E-state index is 0.211. The fraction of sp³-hybridized carbons (Fsp3) is 0. The first-order chi connectivity index (χ1) is 2.81. The zero-order chi connectivity index (χ0) is 4.99. The fourth-order valence-corrected chi connectivity index (χ4v) is 0. The molecule has 20 valence electrons. The SMILES string of the molecule is [2H]P([B][3H])[B]F. The van der Waals surface area contributed by atoms with Crippen molar-refractivity contribution in [1.29, 1.82) is 2.61 Å². The summed E-state index contributed by atoms with van der Waals surface area (Å²) in [6, 6.07) is 0. The van der Waals surface area contributed by atoms with Gasteiger partial charge in [0.2, 0.25) is 0 Å². The summed E-state index contributed by atoms with van der Waals surface area (Å²) in [4.78, 5) is 0. The predicted octanol–water partition coefficient (Wildman–Crippen LogP) is -0.0156. The zero-order valence-corrected chi connectivity index (χ0v) is 2.87. The van der Waals surface area contributed by atoms with Gasteiger partial charge in [0.05, 0.1) is 0 Å². The molecule has 0 nitrogen and oxygen atoms in total. The molecule has 4 heteroatoms. The van der Waals surface area contributed by atoms with Gasteiger partial charge in [-0.05, 0) is 1.34 Å². The Balaban J connectivity index is 2.75. The molecule has 0 aliphatic heterocycles. The first-order valence-electron chi connectivity index (χ1n) is 1.76. The van der Waals surface area contributed by atoms with Gasteiger partial charge in [0, 0.05) is 1.28 Å². The van der Waals surface area contributed by atoms with Gasteiger partial charge < -0.3 is 4.32 Å². The normalized spacial score (nSPS) is 20.2. The van der Waals surface area contributed by atoms with Crippen LogP contribution in [0.5, 0.6) is 0 Å². The van der Waals surface area contributed by atoms with E-state index in [0.29, 0.717) is 0 Å². The summed E-state index contributed by atoms with van der Waals surface area (Å²) >= 11 is 0. The van der Waals surface area contributed by atoms with Gasteiger partial charge in [-0.2, -0.15) is 8.28 Å². The van der Waals surface area contributed by atoms with Crippen molar-refractivity contribution in [2.24, 2.45) is 0 Å². The molecule has 0 bridgehead atoms. The number of halogens is 1. The van der Waals surface area contributed by atoms with Crippen molar-refractivity contribution in [1.82, 2.24) is 0 Å². The molecule has 0 fully saturated rings. The second-order valence-electron chi connectivity index (χ2n) is 0.247. The number of hydrogen-bond donors (Lipinski definition) is 0. The maximum atomic E-state index is 11.0. The van der Waals surface area contributed by atoms with E-state index in [9.17, 15) is 4.32 Å². The summed E-state index contributed by atoms with van der Waals surface area (Å²) in [7, 11) is -0.592. The molecule has 1 unspecified atom stereocenters. The van der Waals surface area contributed by atoms with Crippen LogP contribution < -0.4 is 0 Å². The molecule has 0 saturated carbocycles. The molecule has 0 aliphatic carbocycles. The van der Waals surface area contributed by atoms with Crippen LogP contribution in [-0.2, 0) is 0 Å². The van der Waals surface area contributed by atoms with Gasteiger partial charge in [0.1, 0.15) is 7.53 Å². The third-order valence-corrected chi connectivity index (χ3v) is 0.169. The van der Waals surface area contributed by atoms with Crippen LogP contribution in [0, 0.1) is 0 Å². The van der Waals surface area contributed by atoms with E-state index in [4.69, 9.17) is 2.61 Å². The highest BCUT2D eigenvalue weighted by molar-refractivity contribution is 7.89. The molecule has 0 rings (SSSR count). The van der Waals surface area contributed by atoms with Crippen LogP contribution >= 0.6 is 8.28 Å². The Labute approximate surface area is 31.2 Å². The molecule has 1 atom stereocenters. The van der Waals surface area contributed by atoms with E-state index in [1.54, 1.807) is 0 Å². The average Bonchev–Trinajstić information content (AvgIpc) is 1.65. The van der Waals surface area contributed by atoms with E-state index in [2.05, 4.69) is 0 Å². The highest BCUT2D eigenvalue weighted by Gasteiger charge is 1.69. The monoisotopic (exact) mass is 77.0 g/mol. The van der Waals surface area contributed by atoms with E-state index in [1.165, 1.54) is 0 Å². The minimum atomic E-state index is -1.58. The van der Waals surface area contributed by atoms with Crippen molar-refractivity contribution in [2.75, 3.05) is 0 Å². The molecule has 0 aliphatic rings. The molecule has 0 amide bonds. The van der Waals surface area contributed by atoms with Gasteiger partial charge in [-0.15, -0.1) is 0 Å². The van der Waals surface area contributed by atoms with Gasteiger partial charge in [-0.25, -0.2) is 0 Å². The largest absolute Gasteiger partial charge is 0.372 e. The van der Waals surface area contributed by atoms with Crippen molar-refractivity contribution >= 4 is 23.1 Å². The van der Waals surface area contributed by atoms with Crippen LogP contribution in [-0.4, -0.2) is 17.4 Å². The van der Waals surface area contributed by atoms with Crippen LogP contribution in [0.25, 0.3) is 0 Å². The third kappa shape index (κ3) is 2.49. The van der Waals surface area contributed by atoms with Crippen molar-refractivity contribution in [3.63, 3.8) is 0 Å². The topological polar surface area (TPSA) is 0 Å². The van der Waals surface area contributed by atoms with Crippen LogP contribution in [0.4, 0.5) is 4.32 Å². The summed E-state index contributed by atoms with van der Waals surface area (Å²) in [6.07, 6.45) is 0. The van der Waals surface area contributed by atoms with Crippen LogP contribution in [0.1, 0.15) is 0 Å². The van der Waals surface area contributed by atoms with E-state index in [0.717, 1.165) is 7.53 Å². The summed E-state index contributed by atoms with van der Waals surface area (Å²) < 4.78 is 23.7. The van der Waals surface area contributed by atoms with Crippen LogP contribution in [0.3, 0.4) is 0 Å². The summed E-state index contributed by atoms with van der Waals surface area (Å²) in [6.45, 7) is 0. The lowest BCUT2D eigenvalue weighted by Gasteiger charge is -1.60. The zero-order valence-electron chi connectivity index (χ0n) is 3.98. The lowest BCUT2D eigenvalue weighted by molar-refractivity contribution is 0.895. The Morgan fingerprint density at radius 3 is 3.75 bits per heavy atom. The van der Waals surface area contributed by atoms with Crippen molar-refractivity contribution in [3.05, 3.63) is 0 Å². The van der Waals surface area contributed by atoms with Gasteiger partial charge >= 0.3 is 7.28 Å². The molecule has 0 aromatic rings. The minimum Gasteiger partial charge on any atom is -0.337 e. The van der Waals surface area contributed by atoms with Gasteiger partial charge in [0.15, 0.2) is 0 Å². The molecular formula is H2B2FP. The second kappa shape index (κ2) is 3.49. The first-order valence-corrected chi connectivity index (χ1v) is 1.77. The van der Waals surface area contributed by atoms with Crippen molar-refractivity contribution < 1.29 is 4.32 Å². The Hall–Kier alpha value is 0.490. The summed E-state index contributed by atoms with van der Waals surface area (Å²) in [5.41, 5.74) is 0. The molecule has 2 radical (unpaired) electrons. The lowest BCUT2D eigenvalue weighted by atomic mass is 10.6. The van der Waals surface area contributed by atoms with E-state index < -0.39 is 8.28 Å². The third-order valence-electron chi connectivity index (χ3n) is 0.0563. The van der Waals surface area contributed by atoms with E-state index in [-0.39, 0.29) is 7.28 Å². The van der Waals surface area contributed by atoms with Crippen LogP contribution in [0.15, 0.2) is 0 Å². The van der Waals surface area contributed by atoms with Gasteiger partial charge in [0.25, 0.3) is 0 Å². The Morgan fingerprint density at radius 1 is 3.00 bits per heavy atom. The molecule has 0 aromatic heterocycles. The summed E-state index contributed by atoms with van der Waals surface area (Å²) in [5.74, 6) is 0. The Morgan fingerprint density at radius 2 is 3.75 bits per heavy atom. The van der Waals surface area contributed by atoms with E-state index >= 15 is 0 Å². The quantitative estimate of drug-likeness (QED) is 0.321. The molecule has 0 spiro atoms. The van der Waals surface area contributed by atoms with Gasteiger partial charge in [-0.1, -0.05) is 0 Å². The number of rotatable bonds is 2. The number of hydrogen-bond acceptors (Lipinski definition) is 0. The van der Waals surface area contributed by atoms with Crippen LogP contribution in [0.2, 0.25) is 0 Å². The average molecular weight is 76.6 g/mol. The highest BCUT2D eigenvalue weighted by Crippen LogP contribution is 1.91. The van der Waals surface area contributed by atoms with Crippen molar-refractivity contribution in [3.8, 4) is 0 Å².